The number of rotatable bonds is 1. The summed E-state index contributed by atoms with van der Waals surface area (Å²) in [7, 11) is 2.15. The van der Waals surface area contributed by atoms with Crippen LogP contribution in [0, 0.1) is 17.2 Å². The van der Waals surface area contributed by atoms with Crippen molar-refractivity contribution in [3.05, 3.63) is 35.4 Å². The van der Waals surface area contributed by atoms with Crippen molar-refractivity contribution in [2.24, 2.45) is 5.92 Å². The third kappa shape index (κ3) is 2.41. The van der Waals surface area contributed by atoms with Crippen LogP contribution in [0.15, 0.2) is 24.3 Å². The van der Waals surface area contributed by atoms with Crippen LogP contribution in [0.4, 0.5) is 0 Å². The van der Waals surface area contributed by atoms with Gasteiger partial charge in [-0.2, -0.15) is 5.26 Å². The van der Waals surface area contributed by atoms with E-state index in [1.54, 1.807) is 24.3 Å². The zero-order chi connectivity index (χ0) is 14.1. The van der Waals surface area contributed by atoms with Gasteiger partial charge in [0.15, 0.2) is 0 Å². The molecule has 0 aromatic heterocycles. The predicted octanol–water partition coefficient (Wildman–Crippen LogP) is 1.72. The zero-order valence-electron chi connectivity index (χ0n) is 11.7. The van der Waals surface area contributed by atoms with Crippen LogP contribution >= 0.6 is 0 Å². The van der Waals surface area contributed by atoms with E-state index in [1.165, 1.54) is 12.8 Å². The number of likely N-dealkylation sites (N-methyl/N-ethyl adjacent to an activating group) is 1. The molecule has 1 aromatic carbocycles. The Bertz CT molecular complexity index is 563. The van der Waals surface area contributed by atoms with E-state index in [0.29, 0.717) is 23.1 Å². The molecule has 20 heavy (non-hydrogen) atoms. The highest BCUT2D eigenvalue weighted by Gasteiger charge is 2.34. The maximum atomic E-state index is 12.6. The van der Waals surface area contributed by atoms with Gasteiger partial charge in [0.1, 0.15) is 0 Å². The summed E-state index contributed by atoms with van der Waals surface area (Å²) in [6, 6.07) is 9.59. The number of nitriles is 1. The van der Waals surface area contributed by atoms with Crippen LogP contribution in [-0.4, -0.2) is 48.4 Å². The molecule has 3 aliphatic heterocycles. The van der Waals surface area contributed by atoms with E-state index < -0.39 is 0 Å². The van der Waals surface area contributed by atoms with Gasteiger partial charge in [0.25, 0.3) is 5.91 Å². The Labute approximate surface area is 119 Å². The van der Waals surface area contributed by atoms with Crippen molar-refractivity contribution in [2.75, 3.05) is 26.7 Å². The van der Waals surface area contributed by atoms with Crippen molar-refractivity contribution >= 4 is 5.91 Å². The Morgan fingerprint density at radius 3 is 2.90 bits per heavy atom. The van der Waals surface area contributed by atoms with Crippen molar-refractivity contribution in [3.63, 3.8) is 0 Å². The molecule has 2 bridgehead atoms. The quantitative estimate of drug-likeness (QED) is 0.780. The molecule has 4 heteroatoms. The average molecular weight is 269 g/mol. The number of benzene rings is 1. The van der Waals surface area contributed by atoms with Gasteiger partial charge in [-0.1, -0.05) is 6.07 Å². The molecule has 4 nitrogen and oxygen atoms in total. The number of hydrogen-bond acceptors (Lipinski definition) is 3. The third-order valence-electron chi connectivity index (χ3n) is 4.51. The molecule has 0 unspecified atom stereocenters. The largest absolute Gasteiger partial charge is 0.337 e. The van der Waals surface area contributed by atoms with Crippen molar-refractivity contribution in [3.8, 4) is 6.07 Å². The Balaban J connectivity index is 1.82. The fourth-order valence-electron chi connectivity index (χ4n) is 3.39. The maximum absolute atomic E-state index is 12.6. The molecule has 3 saturated heterocycles. The Morgan fingerprint density at radius 2 is 2.15 bits per heavy atom. The number of nitrogens with zero attached hydrogens (tertiary/aromatic N) is 3. The minimum atomic E-state index is 0.0642. The molecule has 104 valence electrons. The van der Waals surface area contributed by atoms with Crippen molar-refractivity contribution < 1.29 is 4.79 Å². The van der Waals surface area contributed by atoms with Crippen molar-refractivity contribution in [2.45, 2.75) is 18.9 Å². The number of carbonyl (C=O) groups excluding carboxylic acids is 1. The van der Waals surface area contributed by atoms with Crippen LogP contribution in [0.2, 0.25) is 0 Å². The molecule has 1 aromatic rings. The summed E-state index contributed by atoms with van der Waals surface area (Å²) >= 11 is 0. The molecule has 0 N–H and O–H groups in total. The Kier molecular flexibility index (Phi) is 3.45. The first-order chi connectivity index (χ1) is 9.67. The van der Waals surface area contributed by atoms with E-state index in [9.17, 15) is 4.79 Å². The van der Waals surface area contributed by atoms with Crippen LogP contribution in [0.1, 0.15) is 28.8 Å². The SMILES string of the molecule is CN1C[C@@H]2CC[C@H]1CN(C(=O)c1cccc(C#N)c1)C2. The fourth-order valence-corrected chi connectivity index (χ4v) is 3.39. The first-order valence-electron chi connectivity index (χ1n) is 7.17. The molecule has 1 amide bonds. The molecule has 3 heterocycles. The van der Waals surface area contributed by atoms with Crippen LogP contribution in [0.25, 0.3) is 0 Å². The van der Waals surface area contributed by atoms with Crippen LogP contribution in [-0.2, 0) is 0 Å². The molecule has 2 atom stereocenters. The van der Waals surface area contributed by atoms with E-state index in [1.807, 2.05) is 4.90 Å². The molecular formula is C16H19N3O. The highest BCUT2D eigenvalue weighted by atomic mass is 16.2. The number of fused-ring (bicyclic) bond motifs is 4. The monoisotopic (exact) mass is 269 g/mol. The van der Waals surface area contributed by atoms with Gasteiger partial charge in [0.05, 0.1) is 11.6 Å². The minimum absolute atomic E-state index is 0.0642. The van der Waals surface area contributed by atoms with Gasteiger partial charge in [0.2, 0.25) is 0 Å². The van der Waals surface area contributed by atoms with Gasteiger partial charge in [-0.25, -0.2) is 0 Å². The van der Waals surface area contributed by atoms with Gasteiger partial charge in [-0.15, -0.1) is 0 Å². The molecule has 4 rings (SSSR count). The molecule has 3 aliphatic rings. The van der Waals surface area contributed by atoms with Crippen molar-refractivity contribution in [1.29, 1.82) is 5.26 Å². The third-order valence-corrected chi connectivity index (χ3v) is 4.51. The molecule has 0 spiro atoms. The van der Waals surface area contributed by atoms with Gasteiger partial charge >= 0.3 is 0 Å². The smallest absolute Gasteiger partial charge is 0.253 e. The number of amides is 1. The predicted molar refractivity (Wildman–Crippen MR) is 76.2 cm³/mol. The van der Waals surface area contributed by atoms with Crippen LogP contribution in [0.3, 0.4) is 0 Å². The lowest BCUT2D eigenvalue weighted by molar-refractivity contribution is 0.0742. The number of hydrogen-bond donors (Lipinski definition) is 0. The molecular weight excluding hydrogens is 250 g/mol. The molecule has 0 radical (unpaired) electrons. The second-order valence-corrected chi connectivity index (χ2v) is 5.94. The van der Waals surface area contributed by atoms with Crippen LogP contribution < -0.4 is 0 Å². The topological polar surface area (TPSA) is 47.3 Å². The molecule has 0 aliphatic carbocycles. The summed E-state index contributed by atoms with van der Waals surface area (Å²) in [5.41, 5.74) is 1.18. The van der Waals surface area contributed by atoms with E-state index in [2.05, 4.69) is 18.0 Å². The van der Waals surface area contributed by atoms with Gasteiger partial charge in [0, 0.05) is 31.2 Å². The van der Waals surface area contributed by atoms with E-state index >= 15 is 0 Å². The lowest BCUT2D eigenvalue weighted by Crippen LogP contribution is -2.41. The summed E-state index contributed by atoms with van der Waals surface area (Å²) in [5, 5.41) is 8.95. The maximum Gasteiger partial charge on any atom is 0.253 e. The molecule has 3 fully saturated rings. The van der Waals surface area contributed by atoms with Crippen LogP contribution in [0.5, 0.6) is 0 Å². The second-order valence-electron chi connectivity index (χ2n) is 5.94. The highest BCUT2D eigenvalue weighted by molar-refractivity contribution is 5.94. The summed E-state index contributed by atoms with van der Waals surface area (Å²) in [6.45, 7) is 2.74. The number of piperidine rings is 1. The van der Waals surface area contributed by atoms with E-state index in [-0.39, 0.29) is 5.91 Å². The fraction of sp³-hybridized carbons (Fsp3) is 0.500. The number of carbonyl (C=O) groups is 1. The summed E-state index contributed by atoms with van der Waals surface area (Å²) in [5.74, 6) is 0.649. The van der Waals surface area contributed by atoms with Gasteiger partial charge in [-0.3, -0.25) is 4.79 Å². The first kappa shape index (κ1) is 13.1. The van der Waals surface area contributed by atoms with Crippen molar-refractivity contribution in [1.82, 2.24) is 9.80 Å². The lowest BCUT2D eigenvalue weighted by Gasteiger charge is -2.32. The Morgan fingerprint density at radius 1 is 1.30 bits per heavy atom. The lowest BCUT2D eigenvalue weighted by atomic mass is 9.96. The first-order valence-corrected chi connectivity index (χ1v) is 7.17. The van der Waals surface area contributed by atoms with E-state index in [4.69, 9.17) is 5.26 Å². The zero-order valence-corrected chi connectivity index (χ0v) is 11.7. The summed E-state index contributed by atoms with van der Waals surface area (Å²) in [6.07, 6.45) is 2.40. The summed E-state index contributed by atoms with van der Waals surface area (Å²) < 4.78 is 0. The Hall–Kier alpha value is -1.86. The normalized spacial score (nSPS) is 26.1. The molecule has 0 saturated carbocycles. The van der Waals surface area contributed by atoms with Gasteiger partial charge in [-0.05, 0) is 44.0 Å². The summed E-state index contributed by atoms with van der Waals surface area (Å²) in [4.78, 5) is 17.0. The average Bonchev–Trinajstić information content (AvgIpc) is 2.77. The van der Waals surface area contributed by atoms with E-state index in [0.717, 1.165) is 19.6 Å². The second kappa shape index (κ2) is 5.26. The standard InChI is InChI=1S/C16H19N3O/c1-18-9-13-5-6-15(18)11-19(10-13)16(20)14-4-2-3-12(7-14)8-17/h2-4,7,13,15H,5-6,9-11H2,1H3/t13-,15-/m0/s1. The van der Waals surface area contributed by atoms with Gasteiger partial charge < -0.3 is 9.80 Å². The minimum Gasteiger partial charge on any atom is -0.337 e. The highest BCUT2D eigenvalue weighted by Crippen LogP contribution is 2.27.